The molecule has 1 aromatic heterocycles. The number of ether oxygens (including phenoxy) is 1. The maximum atomic E-state index is 11.8. The van der Waals surface area contributed by atoms with Crippen LogP contribution in [0.3, 0.4) is 0 Å². The van der Waals surface area contributed by atoms with Crippen LogP contribution in [-0.2, 0) is 4.79 Å². The summed E-state index contributed by atoms with van der Waals surface area (Å²) in [5.41, 5.74) is 0. The Kier molecular flexibility index (Phi) is 5.75. The Bertz CT molecular complexity index is 512. The van der Waals surface area contributed by atoms with Crippen molar-refractivity contribution in [2.75, 3.05) is 24.6 Å². The number of piperidine rings is 1. The first kappa shape index (κ1) is 17.2. The molecule has 1 aliphatic heterocycles. The molecule has 0 radical (unpaired) electrons. The van der Waals surface area contributed by atoms with Crippen molar-refractivity contribution in [3.05, 3.63) is 18.2 Å². The average molecular weight is 346 g/mol. The van der Waals surface area contributed by atoms with Gasteiger partial charge in [-0.1, -0.05) is 29.3 Å². The molecule has 1 fully saturated rings. The van der Waals surface area contributed by atoms with Crippen LogP contribution in [0.5, 0.6) is 5.88 Å². The van der Waals surface area contributed by atoms with E-state index in [-0.39, 0.29) is 11.9 Å². The molecular formula is C15H21Cl2N3O2. The van der Waals surface area contributed by atoms with Gasteiger partial charge in [0.05, 0.1) is 6.61 Å². The molecule has 1 N–H and O–H groups in total. The van der Waals surface area contributed by atoms with Crippen LogP contribution >= 0.6 is 23.2 Å². The number of hydrogen-bond donors (Lipinski definition) is 1. The summed E-state index contributed by atoms with van der Waals surface area (Å²) in [6, 6.07) is 5.85. The largest absolute Gasteiger partial charge is 0.478 e. The highest BCUT2D eigenvalue weighted by atomic mass is 35.5. The maximum Gasteiger partial charge on any atom is 0.256 e. The van der Waals surface area contributed by atoms with Crippen LogP contribution in [0.4, 0.5) is 5.82 Å². The van der Waals surface area contributed by atoms with E-state index < -0.39 is 4.33 Å². The van der Waals surface area contributed by atoms with Gasteiger partial charge in [-0.05, 0) is 32.8 Å². The molecule has 1 aliphatic rings. The number of nitrogens with zero attached hydrogens (tertiary/aromatic N) is 2. The second-order valence-corrected chi connectivity index (χ2v) is 7.10. The smallest absolute Gasteiger partial charge is 0.256 e. The third kappa shape index (κ3) is 4.65. The summed E-state index contributed by atoms with van der Waals surface area (Å²) < 4.78 is 4.04. The van der Waals surface area contributed by atoms with Gasteiger partial charge in [0.2, 0.25) is 5.88 Å². The Morgan fingerprint density at radius 1 is 1.45 bits per heavy atom. The van der Waals surface area contributed by atoms with Crippen molar-refractivity contribution in [1.29, 1.82) is 0 Å². The number of halogens is 2. The van der Waals surface area contributed by atoms with Crippen molar-refractivity contribution in [3.63, 3.8) is 0 Å². The van der Waals surface area contributed by atoms with Gasteiger partial charge in [0, 0.05) is 25.2 Å². The van der Waals surface area contributed by atoms with Gasteiger partial charge in [-0.2, -0.15) is 4.98 Å². The van der Waals surface area contributed by atoms with E-state index in [2.05, 4.69) is 15.2 Å². The second kappa shape index (κ2) is 7.38. The van der Waals surface area contributed by atoms with Gasteiger partial charge in [-0.25, -0.2) is 0 Å². The third-order valence-electron chi connectivity index (χ3n) is 3.55. The van der Waals surface area contributed by atoms with Gasteiger partial charge in [0.25, 0.3) is 5.91 Å². The molecule has 0 saturated carbocycles. The van der Waals surface area contributed by atoms with E-state index in [1.54, 1.807) is 0 Å². The molecule has 5 nitrogen and oxygen atoms in total. The number of anilines is 1. The van der Waals surface area contributed by atoms with Crippen LogP contribution < -0.4 is 15.0 Å². The van der Waals surface area contributed by atoms with E-state index in [1.807, 2.05) is 25.1 Å². The number of carbonyl (C=O) groups excluding carboxylic acids is 1. The molecule has 0 aliphatic carbocycles. The number of alkyl halides is 2. The fourth-order valence-corrected chi connectivity index (χ4v) is 2.48. The highest BCUT2D eigenvalue weighted by molar-refractivity contribution is 6.57. The number of carbonyl (C=O) groups is 1. The lowest BCUT2D eigenvalue weighted by molar-refractivity contribution is -0.122. The minimum Gasteiger partial charge on any atom is -0.478 e. The molecule has 1 amide bonds. The Morgan fingerprint density at radius 3 is 2.73 bits per heavy atom. The van der Waals surface area contributed by atoms with Crippen molar-refractivity contribution < 1.29 is 9.53 Å². The van der Waals surface area contributed by atoms with E-state index >= 15 is 0 Å². The van der Waals surface area contributed by atoms with Gasteiger partial charge < -0.3 is 15.0 Å². The molecular weight excluding hydrogens is 325 g/mol. The standard InChI is InChI=1S/C15H21Cl2N3O2/c1-3-22-13-6-4-5-12(19-13)20-9-7-11(8-10-20)18-14(21)15(2,16)17/h4-6,11H,3,7-10H2,1-2H3,(H,18,21). The summed E-state index contributed by atoms with van der Waals surface area (Å²) in [6.45, 7) is 5.64. The van der Waals surface area contributed by atoms with Crippen molar-refractivity contribution >= 4 is 34.9 Å². The fraction of sp³-hybridized carbons (Fsp3) is 0.600. The monoisotopic (exact) mass is 345 g/mol. The molecule has 0 aromatic carbocycles. The summed E-state index contributed by atoms with van der Waals surface area (Å²) in [4.78, 5) is 18.5. The summed E-state index contributed by atoms with van der Waals surface area (Å²) >= 11 is 11.6. The Morgan fingerprint density at radius 2 is 2.14 bits per heavy atom. The fourth-order valence-electron chi connectivity index (χ4n) is 2.37. The van der Waals surface area contributed by atoms with Crippen LogP contribution in [0.1, 0.15) is 26.7 Å². The molecule has 2 rings (SSSR count). The lowest BCUT2D eigenvalue weighted by Crippen LogP contribution is -2.48. The van der Waals surface area contributed by atoms with Crippen LogP contribution in [-0.4, -0.2) is 41.0 Å². The highest BCUT2D eigenvalue weighted by Crippen LogP contribution is 2.23. The quantitative estimate of drug-likeness (QED) is 0.833. The average Bonchev–Trinajstić information content (AvgIpc) is 2.48. The molecule has 122 valence electrons. The second-order valence-electron chi connectivity index (χ2n) is 5.39. The van der Waals surface area contributed by atoms with E-state index in [4.69, 9.17) is 27.9 Å². The number of nitrogens with one attached hydrogen (secondary N) is 1. The number of amides is 1. The first-order valence-corrected chi connectivity index (χ1v) is 8.19. The minimum atomic E-state index is -1.38. The summed E-state index contributed by atoms with van der Waals surface area (Å²) in [5.74, 6) is 1.19. The first-order chi connectivity index (χ1) is 10.4. The van der Waals surface area contributed by atoms with Crippen molar-refractivity contribution in [2.45, 2.75) is 37.1 Å². The van der Waals surface area contributed by atoms with Crippen molar-refractivity contribution in [1.82, 2.24) is 10.3 Å². The number of aromatic nitrogens is 1. The molecule has 7 heteroatoms. The topological polar surface area (TPSA) is 54.5 Å². The van der Waals surface area contributed by atoms with Gasteiger partial charge >= 0.3 is 0 Å². The van der Waals surface area contributed by atoms with E-state index in [9.17, 15) is 4.79 Å². The Balaban J connectivity index is 1.89. The number of rotatable bonds is 5. The molecule has 1 saturated heterocycles. The van der Waals surface area contributed by atoms with Gasteiger partial charge in [-0.3, -0.25) is 4.79 Å². The lowest BCUT2D eigenvalue weighted by Gasteiger charge is -2.33. The zero-order valence-corrected chi connectivity index (χ0v) is 14.3. The zero-order valence-electron chi connectivity index (χ0n) is 12.8. The summed E-state index contributed by atoms with van der Waals surface area (Å²) in [6.07, 6.45) is 1.66. The predicted molar refractivity (Wildman–Crippen MR) is 88.9 cm³/mol. The van der Waals surface area contributed by atoms with Crippen LogP contribution in [0.15, 0.2) is 18.2 Å². The molecule has 2 heterocycles. The zero-order chi connectivity index (χ0) is 16.2. The Labute approximate surface area is 140 Å². The normalized spacial score (nSPS) is 16.5. The van der Waals surface area contributed by atoms with Crippen molar-refractivity contribution in [3.8, 4) is 5.88 Å². The third-order valence-corrected chi connectivity index (χ3v) is 3.90. The van der Waals surface area contributed by atoms with E-state index in [0.29, 0.717) is 12.5 Å². The van der Waals surface area contributed by atoms with E-state index in [1.165, 1.54) is 6.92 Å². The van der Waals surface area contributed by atoms with Gasteiger partial charge in [0.1, 0.15) is 5.82 Å². The molecule has 0 bridgehead atoms. The van der Waals surface area contributed by atoms with Crippen LogP contribution in [0.2, 0.25) is 0 Å². The summed E-state index contributed by atoms with van der Waals surface area (Å²) in [7, 11) is 0. The SMILES string of the molecule is CCOc1cccc(N2CCC(NC(=O)C(C)(Cl)Cl)CC2)n1. The van der Waals surface area contributed by atoms with Crippen LogP contribution in [0.25, 0.3) is 0 Å². The van der Waals surface area contributed by atoms with Gasteiger partial charge in [0.15, 0.2) is 4.33 Å². The molecule has 22 heavy (non-hydrogen) atoms. The van der Waals surface area contributed by atoms with Crippen LogP contribution in [0, 0.1) is 0 Å². The van der Waals surface area contributed by atoms with E-state index in [0.717, 1.165) is 31.7 Å². The molecule has 1 aromatic rings. The first-order valence-electron chi connectivity index (χ1n) is 7.43. The molecule has 0 unspecified atom stereocenters. The number of pyridine rings is 1. The number of hydrogen-bond acceptors (Lipinski definition) is 4. The predicted octanol–water partition coefficient (Wildman–Crippen LogP) is 2.76. The highest BCUT2D eigenvalue weighted by Gasteiger charge is 2.30. The summed E-state index contributed by atoms with van der Waals surface area (Å²) in [5, 5.41) is 2.89. The lowest BCUT2D eigenvalue weighted by atomic mass is 10.0. The molecule has 0 atom stereocenters. The van der Waals surface area contributed by atoms with Crippen molar-refractivity contribution in [2.24, 2.45) is 0 Å². The van der Waals surface area contributed by atoms with Gasteiger partial charge in [-0.15, -0.1) is 0 Å². The molecule has 0 spiro atoms. The maximum absolute atomic E-state index is 11.8. The minimum absolute atomic E-state index is 0.0932. The Hall–Kier alpha value is -1.20.